The molecule has 5 heteroatoms. The van der Waals surface area contributed by atoms with Gasteiger partial charge in [-0.2, -0.15) is 0 Å². The largest absolute Gasteiger partial charge is 0.362 e. The molecule has 4 nitrogen and oxygen atoms in total. The summed E-state index contributed by atoms with van der Waals surface area (Å²) in [7, 11) is 0. The van der Waals surface area contributed by atoms with Crippen LogP contribution in [0.5, 0.6) is 0 Å². The molecule has 4 rings (SSSR count). The zero-order valence-corrected chi connectivity index (χ0v) is 13.8. The summed E-state index contributed by atoms with van der Waals surface area (Å²) in [6, 6.07) is 12.5. The van der Waals surface area contributed by atoms with Gasteiger partial charge < -0.3 is 5.32 Å². The van der Waals surface area contributed by atoms with Gasteiger partial charge in [0.2, 0.25) is 0 Å². The van der Waals surface area contributed by atoms with Crippen molar-refractivity contribution in [3.8, 4) is 0 Å². The van der Waals surface area contributed by atoms with Gasteiger partial charge in [-0.15, -0.1) is 0 Å². The molecule has 0 spiro atoms. The van der Waals surface area contributed by atoms with Crippen molar-refractivity contribution in [2.75, 3.05) is 11.9 Å². The van der Waals surface area contributed by atoms with Crippen molar-refractivity contribution in [2.45, 2.75) is 25.7 Å². The molecular formula is C20H18FN3O. The Hall–Kier alpha value is -2.82. The zero-order valence-electron chi connectivity index (χ0n) is 13.8. The quantitative estimate of drug-likeness (QED) is 0.718. The number of anilines is 1. The first kappa shape index (κ1) is 15.7. The zero-order chi connectivity index (χ0) is 17.2. The van der Waals surface area contributed by atoms with E-state index < -0.39 is 0 Å². The van der Waals surface area contributed by atoms with E-state index in [1.165, 1.54) is 6.07 Å². The van der Waals surface area contributed by atoms with E-state index in [1.54, 1.807) is 6.07 Å². The number of rotatable bonds is 5. The van der Waals surface area contributed by atoms with E-state index in [0.29, 0.717) is 12.0 Å². The predicted molar refractivity (Wildman–Crippen MR) is 95.4 cm³/mol. The lowest BCUT2D eigenvalue weighted by Gasteiger charge is -2.17. The number of benzene rings is 2. The highest BCUT2D eigenvalue weighted by atomic mass is 19.1. The van der Waals surface area contributed by atoms with Gasteiger partial charge in [0.25, 0.3) is 0 Å². The number of halogens is 1. The van der Waals surface area contributed by atoms with Gasteiger partial charge >= 0.3 is 0 Å². The number of hydrogen-bond donors (Lipinski definition) is 1. The topological polar surface area (TPSA) is 54.9 Å². The third-order valence-corrected chi connectivity index (χ3v) is 4.54. The number of aromatic nitrogens is 2. The fourth-order valence-corrected chi connectivity index (χ4v) is 3.26. The van der Waals surface area contributed by atoms with Gasteiger partial charge in [0, 0.05) is 12.0 Å². The SMILES string of the molecule is O=C1CNc2nc(CCCCc3ccccc3F)nc3cccc1c23. The lowest BCUT2D eigenvalue weighted by Crippen LogP contribution is -2.21. The summed E-state index contributed by atoms with van der Waals surface area (Å²) in [5, 5.41) is 3.90. The third kappa shape index (κ3) is 3.09. The molecule has 0 radical (unpaired) electrons. The first-order valence-corrected chi connectivity index (χ1v) is 8.52. The maximum absolute atomic E-state index is 13.6. The number of carbonyl (C=O) groups excluding carboxylic acids is 1. The Bertz CT molecular complexity index is 955. The van der Waals surface area contributed by atoms with E-state index in [2.05, 4.69) is 15.3 Å². The van der Waals surface area contributed by atoms with E-state index >= 15 is 0 Å². The number of carbonyl (C=O) groups is 1. The van der Waals surface area contributed by atoms with Crippen LogP contribution >= 0.6 is 0 Å². The minimum absolute atomic E-state index is 0.0688. The molecule has 0 saturated carbocycles. The molecule has 0 saturated heterocycles. The summed E-state index contributed by atoms with van der Waals surface area (Å²) >= 11 is 0. The maximum atomic E-state index is 13.6. The van der Waals surface area contributed by atoms with Gasteiger partial charge in [0.15, 0.2) is 5.78 Å². The predicted octanol–water partition coefficient (Wildman–Crippen LogP) is 3.94. The van der Waals surface area contributed by atoms with Gasteiger partial charge in [-0.1, -0.05) is 30.3 Å². The van der Waals surface area contributed by atoms with Crippen LogP contribution in [-0.2, 0) is 12.8 Å². The highest BCUT2D eigenvalue weighted by molar-refractivity contribution is 6.15. The van der Waals surface area contributed by atoms with Crippen LogP contribution in [0.2, 0.25) is 0 Å². The standard InChI is InChI=1S/C20H18FN3O/c21-15-9-3-1-6-13(15)7-2-4-11-18-23-16-10-5-8-14-17(25)12-22-20(24-18)19(14)16/h1,3,5-6,8-10H,2,4,7,11-12H2,(H,22,23,24). The molecular weight excluding hydrogens is 317 g/mol. The number of Topliss-reactive ketones (excluding diaryl/α,β-unsaturated/α-hetero) is 1. The van der Waals surface area contributed by atoms with Gasteiger partial charge in [-0.3, -0.25) is 4.79 Å². The highest BCUT2D eigenvalue weighted by Crippen LogP contribution is 2.28. The molecule has 3 aromatic rings. The number of aryl methyl sites for hydroxylation is 2. The Morgan fingerprint density at radius 3 is 2.72 bits per heavy atom. The Morgan fingerprint density at radius 1 is 1.00 bits per heavy atom. The lowest BCUT2D eigenvalue weighted by atomic mass is 10.0. The van der Waals surface area contributed by atoms with Crippen molar-refractivity contribution in [3.63, 3.8) is 0 Å². The Balaban J connectivity index is 1.48. The van der Waals surface area contributed by atoms with Gasteiger partial charge in [-0.25, -0.2) is 14.4 Å². The molecule has 0 unspecified atom stereocenters. The van der Waals surface area contributed by atoms with Gasteiger partial charge in [-0.05, 0) is 37.0 Å². The molecule has 25 heavy (non-hydrogen) atoms. The monoisotopic (exact) mass is 335 g/mol. The third-order valence-electron chi connectivity index (χ3n) is 4.54. The number of nitrogens with zero attached hydrogens (tertiary/aromatic N) is 2. The van der Waals surface area contributed by atoms with Crippen LogP contribution in [0.15, 0.2) is 42.5 Å². The van der Waals surface area contributed by atoms with E-state index in [4.69, 9.17) is 0 Å². The number of hydrogen-bond acceptors (Lipinski definition) is 4. The molecule has 1 aromatic heterocycles. The van der Waals surface area contributed by atoms with Crippen LogP contribution in [0.25, 0.3) is 10.9 Å². The second-order valence-corrected chi connectivity index (χ2v) is 6.26. The Morgan fingerprint density at radius 2 is 1.84 bits per heavy atom. The number of nitrogens with one attached hydrogen (secondary N) is 1. The molecule has 2 heterocycles. The van der Waals surface area contributed by atoms with E-state index in [-0.39, 0.29) is 18.1 Å². The first-order valence-electron chi connectivity index (χ1n) is 8.52. The normalized spacial score (nSPS) is 13.1. The van der Waals surface area contributed by atoms with Crippen molar-refractivity contribution in [3.05, 3.63) is 65.2 Å². The van der Waals surface area contributed by atoms with Crippen LogP contribution < -0.4 is 5.32 Å². The van der Waals surface area contributed by atoms with Crippen molar-refractivity contribution >= 4 is 22.5 Å². The average Bonchev–Trinajstić information content (AvgIpc) is 2.63. The summed E-state index contributed by atoms with van der Waals surface area (Å²) in [6.45, 7) is 0.274. The summed E-state index contributed by atoms with van der Waals surface area (Å²) in [6.07, 6.45) is 3.21. The first-order chi connectivity index (χ1) is 12.2. The molecule has 0 fully saturated rings. The highest BCUT2D eigenvalue weighted by Gasteiger charge is 2.20. The smallest absolute Gasteiger partial charge is 0.182 e. The molecule has 2 aromatic carbocycles. The Labute approximate surface area is 145 Å². The van der Waals surface area contributed by atoms with E-state index in [9.17, 15) is 9.18 Å². The van der Waals surface area contributed by atoms with Crippen LogP contribution in [0.3, 0.4) is 0 Å². The van der Waals surface area contributed by atoms with Crippen LogP contribution in [0, 0.1) is 5.82 Å². The second kappa shape index (κ2) is 6.59. The van der Waals surface area contributed by atoms with E-state index in [0.717, 1.165) is 47.4 Å². The van der Waals surface area contributed by atoms with Crippen LogP contribution in [0.1, 0.15) is 34.6 Å². The lowest BCUT2D eigenvalue weighted by molar-refractivity contribution is 0.101. The molecule has 0 amide bonds. The van der Waals surface area contributed by atoms with Crippen molar-refractivity contribution in [1.82, 2.24) is 9.97 Å². The molecule has 1 N–H and O–H groups in total. The molecule has 0 atom stereocenters. The summed E-state index contributed by atoms with van der Waals surface area (Å²) in [5.41, 5.74) is 2.24. The minimum atomic E-state index is -0.143. The number of ketones is 1. The molecule has 126 valence electrons. The second-order valence-electron chi connectivity index (χ2n) is 6.26. The fraction of sp³-hybridized carbons (Fsp3) is 0.250. The van der Waals surface area contributed by atoms with Crippen LogP contribution in [-0.4, -0.2) is 22.3 Å². The molecule has 1 aliphatic heterocycles. The molecule has 1 aliphatic rings. The summed E-state index contributed by atoms with van der Waals surface area (Å²) in [5.74, 6) is 1.42. The Kier molecular flexibility index (Phi) is 4.14. The summed E-state index contributed by atoms with van der Waals surface area (Å²) in [4.78, 5) is 21.2. The van der Waals surface area contributed by atoms with Crippen LogP contribution in [0.4, 0.5) is 10.2 Å². The van der Waals surface area contributed by atoms with Gasteiger partial charge in [0.1, 0.15) is 17.5 Å². The maximum Gasteiger partial charge on any atom is 0.182 e. The molecule has 0 aliphatic carbocycles. The van der Waals surface area contributed by atoms with Crippen molar-refractivity contribution in [1.29, 1.82) is 0 Å². The minimum Gasteiger partial charge on any atom is -0.362 e. The van der Waals surface area contributed by atoms with Gasteiger partial charge in [0.05, 0.1) is 17.4 Å². The van der Waals surface area contributed by atoms with E-state index in [1.807, 2.05) is 30.3 Å². The van der Waals surface area contributed by atoms with Crippen molar-refractivity contribution in [2.24, 2.45) is 0 Å². The fourth-order valence-electron chi connectivity index (χ4n) is 3.26. The molecule has 0 bridgehead atoms. The average molecular weight is 335 g/mol. The summed E-state index contributed by atoms with van der Waals surface area (Å²) < 4.78 is 13.6. The van der Waals surface area contributed by atoms with Crippen molar-refractivity contribution < 1.29 is 9.18 Å². The number of unbranched alkanes of at least 4 members (excludes halogenated alkanes) is 1.